The van der Waals surface area contributed by atoms with Crippen molar-refractivity contribution in [1.29, 1.82) is 0 Å². The summed E-state index contributed by atoms with van der Waals surface area (Å²) in [7, 11) is -2.61. The van der Waals surface area contributed by atoms with E-state index in [1.54, 1.807) is 24.3 Å². The lowest BCUT2D eigenvalue weighted by Crippen LogP contribution is -2.31. The number of sulfonamides is 1. The number of carbonyl (C=O) groups excluding carboxylic acids is 2. The summed E-state index contributed by atoms with van der Waals surface area (Å²) in [6.07, 6.45) is 0.961. The Morgan fingerprint density at radius 1 is 1.03 bits per heavy atom. The molecule has 168 valence electrons. The molecule has 10 heteroatoms. The summed E-state index contributed by atoms with van der Waals surface area (Å²) in [5.41, 5.74) is 0.865. The first-order valence-electron chi connectivity index (χ1n) is 9.74. The number of hydrogen-bond acceptors (Lipinski definition) is 5. The van der Waals surface area contributed by atoms with Gasteiger partial charge in [0.15, 0.2) is 0 Å². The summed E-state index contributed by atoms with van der Waals surface area (Å²) in [4.78, 5) is 23.9. The zero-order chi connectivity index (χ0) is 22.9. The number of nitrogens with one attached hydrogen (secondary N) is 3. The predicted octanol–water partition coefficient (Wildman–Crippen LogP) is 2.47. The van der Waals surface area contributed by atoms with Crippen LogP contribution < -0.4 is 20.1 Å². The second-order valence-corrected chi connectivity index (χ2v) is 8.84. The summed E-state index contributed by atoms with van der Waals surface area (Å²) in [6.45, 7) is 2.71. The standard InChI is InChI=1S/C21H26ClN3O5S/c1-3-11-23-20(26)10-12-24-21(27)16-6-9-18(30-2)19(13-16)31(28,29)25-14-15-4-7-17(22)8-5-15/h4-9,13,25H,3,10-12,14H2,1-2H3,(H,23,26)(H,24,27). The second-order valence-electron chi connectivity index (χ2n) is 6.67. The number of methoxy groups -OCH3 is 1. The van der Waals surface area contributed by atoms with Crippen molar-refractivity contribution in [3.05, 3.63) is 58.6 Å². The SMILES string of the molecule is CCCNC(=O)CCNC(=O)c1ccc(OC)c(S(=O)(=O)NCc2ccc(Cl)cc2)c1. The summed E-state index contributed by atoms with van der Waals surface area (Å²) in [5.74, 6) is -0.536. The van der Waals surface area contributed by atoms with Crippen LogP contribution in [-0.4, -0.2) is 40.4 Å². The summed E-state index contributed by atoms with van der Waals surface area (Å²) in [6, 6.07) is 10.9. The fourth-order valence-corrected chi connectivity index (χ4v) is 3.97. The van der Waals surface area contributed by atoms with Gasteiger partial charge in [-0.1, -0.05) is 30.7 Å². The molecule has 2 aromatic rings. The molecule has 0 saturated heterocycles. The van der Waals surface area contributed by atoms with E-state index in [1.807, 2.05) is 6.92 Å². The lowest BCUT2D eigenvalue weighted by molar-refractivity contribution is -0.120. The lowest BCUT2D eigenvalue weighted by atomic mass is 10.2. The van der Waals surface area contributed by atoms with Gasteiger partial charge in [-0.05, 0) is 42.3 Å². The minimum Gasteiger partial charge on any atom is -0.495 e. The fourth-order valence-electron chi connectivity index (χ4n) is 2.63. The van der Waals surface area contributed by atoms with Gasteiger partial charge in [-0.2, -0.15) is 0 Å². The Kier molecular flexibility index (Phi) is 9.29. The van der Waals surface area contributed by atoms with Gasteiger partial charge < -0.3 is 15.4 Å². The molecule has 0 fully saturated rings. The highest BCUT2D eigenvalue weighted by Gasteiger charge is 2.21. The fraction of sp³-hybridized carbons (Fsp3) is 0.333. The van der Waals surface area contributed by atoms with E-state index >= 15 is 0 Å². The van der Waals surface area contributed by atoms with E-state index in [0.29, 0.717) is 11.6 Å². The molecule has 0 spiro atoms. The zero-order valence-corrected chi connectivity index (χ0v) is 19.0. The first kappa shape index (κ1) is 24.6. The summed E-state index contributed by atoms with van der Waals surface area (Å²) < 4.78 is 33.3. The Hall–Kier alpha value is -2.62. The Morgan fingerprint density at radius 2 is 1.74 bits per heavy atom. The number of rotatable bonds is 11. The highest BCUT2D eigenvalue weighted by atomic mass is 35.5. The molecule has 0 radical (unpaired) electrons. The molecule has 31 heavy (non-hydrogen) atoms. The molecule has 0 aliphatic carbocycles. The minimum absolute atomic E-state index is 0.0476. The quantitative estimate of drug-likeness (QED) is 0.469. The van der Waals surface area contributed by atoms with E-state index < -0.39 is 15.9 Å². The van der Waals surface area contributed by atoms with Crippen molar-refractivity contribution in [2.24, 2.45) is 0 Å². The van der Waals surface area contributed by atoms with Crippen LogP contribution in [0.15, 0.2) is 47.4 Å². The van der Waals surface area contributed by atoms with Gasteiger partial charge in [0.1, 0.15) is 10.6 Å². The van der Waals surface area contributed by atoms with Gasteiger partial charge in [-0.3, -0.25) is 9.59 Å². The van der Waals surface area contributed by atoms with Crippen LogP contribution in [0.4, 0.5) is 0 Å². The maximum absolute atomic E-state index is 12.8. The molecule has 3 N–H and O–H groups in total. The van der Waals surface area contributed by atoms with E-state index in [-0.39, 0.29) is 41.6 Å². The number of carbonyl (C=O) groups is 2. The molecule has 2 rings (SSSR count). The first-order chi connectivity index (χ1) is 14.8. The average molecular weight is 468 g/mol. The second kappa shape index (κ2) is 11.7. The molecular weight excluding hydrogens is 442 g/mol. The van der Waals surface area contributed by atoms with Crippen molar-refractivity contribution in [3.63, 3.8) is 0 Å². The van der Waals surface area contributed by atoms with Crippen LogP contribution in [-0.2, 0) is 21.4 Å². The van der Waals surface area contributed by atoms with Crippen LogP contribution in [0.2, 0.25) is 5.02 Å². The van der Waals surface area contributed by atoms with Crippen molar-refractivity contribution in [1.82, 2.24) is 15.4 Å². The molecule has 0 bridgehead atoms. The highest BCUT2D eigenvalue weighted by Crippen LogP contribution is 2.25. The van der Waals surface area contributed by atoms with Crippen molar-refractivity contribution in [3.8, 4) is 5.75 Å². The smallest absolute Gasteiger partial charge is 0.251 e. The van der Waals surface area contributed by atoms with Gasteiger partial charge in [-0.15, -0.1) is 0 Å². The van der Waals surface area contributed by atoms with Gasteiger partial charge in [0.2, 0.25) is 15.9 Å². The number of ether oxygens (including phenoxy) is 1. The van der Waals surface area contributed by atoms with Crippen molar-refractivity contribution < 1.29 is 22.7 Å². The number of benzene rings is 2. The zero-order valence-electron chi connectivity index (χ0n) is 17.4. The number of amides is 2. The normalized spacial score (nSPS) is 11.1. The monoisotopic (exact) mass is 467 g/mol. The van der Waals surface area contributed by atoms with E-state index in [2.05, 4.69) is 15.4 Å². The molecule has 0 atom stereocenters. The van der Waals surface area contributed by atoms with Crippen LogP contribution in [0.5, 0.6) is 5.75 Å². The third-order valence-corrected chi connectivity index (χ3v) is 5.98. The van der Waals surface area contributed by atoms with Gasteiger partial charge >= 0.3 is 0 Å². The van der Waals surface area contributed by atoms with Crippen molar-refractivity contribution >= 4 is 33.4 Å². The van der Waals surface area contributed by atoms with E-state index in [9.17, 15) is 18.0 Å². The van der Waals surface area contributed by atoms with Crippen LogP contribution in [0.25, 0.3) is 0 Å². The highest BCUT2D eigenvalue weighted by molar-refractivity contribution is 7.89. The molecule has 0 saturated carbocycles. The first-order valence-corrected chi connectivity index (χ1v) is 11.6. The van der Waals surface area contributed by atoms with Gasteiger partial charge in [0.25, 0.3) is 5.91 Å². The molecule has 0 heterocycles. The Bertz CT molecular complexity index is 1010. The largest absolute Gasteiger partial charge is 0.495 e. The lowest BCUT2D eigenvalue weighted by Gasteiger charge is -2.13. The molecule has 0 aromatic heterocycles. The van der Waals surface area contributed by atoms with Crippen LogP contribution >= 0.6 is 11.6 Å². The number of halogens is 1. The van der Waals surface area contributed by atoms with Crippen LogP contribution in [0.1, 0.15) is 35.7 Å². The van der Waals surface area contributed by atoms with Gasteiger partial charge in [-0.25, -0.2) is 13.1 Å². The predicted molar refractivity (Wildman–Crippen MR) is 119 cm³/mol. The third-order valence-electron chi connectivity index (χ3n) is 4.30. The minimum atomic E-state index is -3.96. The molecule has 0 aliphatic rings. The maximum atomic E-state index is 12.8. The third kappa shape index (κ3) is 7.54. The van der Waals surface area contributed by atoms with Crippen LogP contribution in [0.3, 0.4) is 0 Å². The van der Waals surface area contributed by atoms with Gasteiger partial charge in [0, 0.05) is 36.6 Å². The van der Waals surface area contributed by atoms with E-state index in [0.717, 1.165) is 12.0 Å². The molecule has 2 amide bonds. The van der Waals surface area contributed by atoms with Crippen molar-refractivity contribution in [2.75, 3.05) is 20.2 Å². The maximum Gasteiger partial charge on any atom is 0.251 e. The molecule has 8 nitrogen and oxygen atoms in total. The Balaban J connectivity index is 2.08. The van der Waals surface area contributed by atoms with E-state index in [1.165, 1.54) is 25.3 Å². The topological polar surface area (TPSA) is 114 Å². The molecule has 2 aromatic carbocycles. The Labute approximate surface area is 187 Å². The summed E-state index contributed by atoms with van der Waals surface area (Å²) >= 11 is 5.84. The van der Waals surface area contributed by atoms with E-state index in [4.69, 9.17) is 16.3 Å². The molecular formula is C21H26ClN3O5S. The molecule has 0 aliphatic heterocycles. The average Bonchev–Trinajstić information content (AvgIpc) is 2.76. The summed E-state index contributed by atoms with van der Waals surface area (Å²) in [5, 5.41) is 5.89. The van der Waals surface area contributed by atoms with Crippen molar-refractivity contribution in [2.45, 2.75) is 31.2 Å². The van der Waals surface area contributed by atoms with Crippen LogP contribution in [0, 0.1) is 0 Å². The van der Waals surface area contributed by atoms with Gasteiger partial charge in [0.05, 0.1) is 7.11 Å². The Morgan fingerprint density at radius 3 is 2.39 bits per heavy atom. The molecule has 0 unspecified atom stereocenters. The number of hydrogen-bond donors (Lipinski definition) is 3.